The van der Waals surface area contributed by atoms with Crippen LogP contribution in [-0.2, 0) is 4.79 Å². The zero-order chi connectivity index (χ0) is 10.6. The molecule has 1 aromatic heterocycles. The average molecular weight is 197 g/mol. The Morgan fingerprint density at radius 3 is 2.86 bits per heavy atom. The third kappa shape index (κ3) is 2.58. The summed E-state index contributed by atoms with van der Waals surface area (Å²) in [5.74, 6) is -1.27. The van der Waals surface area contributed by atoms with Crippen molar-refractivity contribution in [2.45, 2.75) is 13.3 Å². The van der Waals surface area contributed by atoms with E-state index in [-0.39, 0.29) is 18.9 Å². The van der Waals surface area contributed by atoms with Crippen molar-refractivity contribution in [2.24, 2.45) is 0 Å². The topological polar surface area (TPSA) is 95.1 Å². The molecule has 0 saturated carbocycles. The lowest BCUT2D eigenvalue weighted by atomic mass is 10.2. The lowest BCUT2D eigenvalue weighted by Crippen LogP contribution is -2.26. The molecule has 3 N–H and O–H groups in total. The van der Waals surface area contributed by atoms with Gasteiger partial charge in [-0.3, -0.25) is 14.7 Å². The number of nitrogens with one attached hydrogen (secondary N) is 2. The van der Waals surface area contributed by atoms with Crippen LogP contribution in [0.3, 0.4) is 0 Å². The van der Waals surface area contributed by atoms with E-state index in [0.717, 1.165) is 5.56 Å². The standard InChI is InChI=1S/C8H11N3O3/c1-5-4-10-11-7(5)8(14)9-3-2-6(12)13/h4H,2-3H2,1H3,(H,9,14)(H,10,11)(H,12,13). The van der Waals surface area contributed by atoms with Crippen LogP contribution in [-0.4, -0.2) is 33.7 Å². The third-order valence-electron chi connectivity index (χ3n) is 1.68. The van der Waals surface area contributed by atoms with Gasteiger partial charge >= 0.3 is 5.97 Å². The summed E-state index contributed by atoms with van der Waals surface area (Å²) in [5, 5.41) is 17.0. The minimum absolute atomic E-state index is 0.0844. The van der Waals surface area contributed by atoms with E-state index in [2.05, 4.69) is 15.5 Å². The number of aryl methyl sites for hydroxylation is 1. The maximum absolute atomic E-state index is 11.3. The van der Waals surface area contributed by atoms with Crippen LogP contribution in [0, 0.1) is 6.92 Å². The van der Waals surface area contributed by atoms with Gasteiger partial charge in [-0.25, -0.2) is 0 Å². The molecule has 1 amide bonds. The van der Waals surface area contributed by atoms with E-state index in [1.165, 1.54) is 6.20 Å². The Labute approximate surface area is 80.3 Å². The molecule has 14 heavy (non-hydrogen) atoms. The molecular weight excluding hydrogens is 186 g/mol. The van der Waals surface area contributed by atoms with E-state index in [4.69, 9.17) is 5.11 Å². The van der Waals surface area contributed by atoms with Crippen LogP contribution in [0.5, 0.6) is 0 Å². The molecule has 0 aromatic carbocycles. The van der Waals surface area contributed by atoms with E-state index in [1.54, 1.807) is 6.92 Å². The molecule has 0 aliphatic carbocycles. The second-order valence-electron chi connectivity index (χ2n) is 2.83. The summed E-state index contributed by atoms with van der Waals surface area (Å²) in [6.45, 7) is 1.86. The number of rotatable bonds is 4. The predicted molar refractivity (Wildman–Crippen MR) is 47.9 cm³/mol. The summed E-state index contributed by atoms with van der Waals surface area (Å²) in [4.78, 5) is 21.5. The monoisotopic (exact) mass is 197 g/mol. The minimum Gasteiger partial charge on any atom is -0.481 e. The van der Waals surface area contributed by atoms with Crippen molar-refractivity contribution in [1.29, 1.82) is 0 Å². The van der Waals surface area contributed by atoms with E-state index in [1.807, 2.05) is 0 Å². The molecule has 1 rings (SSSR count). The first kappa shape index (κ1) is 10.2. The SMILES string of the molecule is Cc1cn[nH]c1C(=O)NCCC(=O)O. The first-order valence-corrected chi connectivity index (χ1v) is 4.11. The number of hydrogen-bond donors (Lipinski definition) is 3. The maximum atomic E-state index is 11.3. The molecule has 0 aliphatic heterocycles. The molecule has 1 aromatic rings. The number of carboxylic acids is 1. The van der Waals surface area contributed by atoms with Crippen molar-refractivity contribution in [3.8, 4) is 0 Å². The van der Waals surface area contributed by atoms with Gasteiger partial charge in [0, 0.05) is 6.54 Å². The highest BCUT2D eigenvalue weighted by atomic mass is 16.4. The summed E-state index contributed by atoms with van der Waals surface area (Å²) in [6, 6.07) is 0. The van der Waals surface area contributed by atoms with Gasteiger partial charge in [-0.2, -0.15) is 5.10 Å². The fourth-order valence-electron chi connectivity index (χ4n) is 0.948. The van der Waals surface area contributed by atoms with E-state index in [0.29, 0.717) is 5.69 Å². The van der Waals surface area contributed by atoms with Crippen molar-refractivity contribution in [1.82, 2.24) is 15.5 Å². The van der Waals surface area contributed by atoms with Crippen LogP contribution in [0.25, 0.3) is 0 Å². The van der Waals surface area contributed by atoms with Crippen molar-refractivity contribution in [2.75, 3.05) is 6.54 Å². The van der Waals surface area contributed by atoms with E-state index in [9.17, 15) is 9.59 Å². The lowest BCUT2D eigenvalue weighted by molar-refractivity contribution is -0.136. The fraction of sp³-hybridized carbons (Fsp3) is 0.375. The normalized spacial score (nSPS) is 9.79. The molecular formula is C8H11N3O3. The van der Waals surface area contributed by atoms with E-state index >= 15 is 0 Å². The van der Waals surface area contributed by atoms with Crippen molar-refractivity contribution in [3.05, 3.63) is 17.5 Å². The molecule has 0 radical (unpaired) electrons. The smallest absolute Gasteiger partial charge is 0.305 e. The Kier molecular flexibility index (Phi) is 3.22. The van der Waals surface area contributed by atoms with Crippen LogP contribution in [0.15, 0.2) is 6.20 Å². The predicted octanol–water partition coefficient (Wildman–Crippen LogP) is -0.0774. The lowest BCUT2D eigenvalue weighted by Gasteiger charge is -2.01. The average Bonchev–Trinajstić information content (AvgIpc) is 2.50. The van der Waals surface area contributed by atoms with Gasteiger partial charge in [-0.1, -0.05) is 0 Å². The number of nitrogens with zero attached hydrogens (tertiary/aromatic N) is 1. The van der Waals surface area contributed by atoms with Crippen molar-refractivity contribution < 1.29 is 14.7 Å². The fourth-order valence-corrected chi connectivity index (χ4v) is 0.948. The first-order valence-electron chi connectivity index (χ1n) is 4.11. The number of aromatic nitrogens is 2. The summed E-state index contributed by atoms with van der Waals surface area (Å²) in [7, 11) is 0. The number of hydrogen-bond acceptors (Lipinski definition) is 3. The van der Waals surface area contributed by atoms with Crippen LogP contribution in [0.1, 0.15) is 22.5 Å². The van der Waals surface area contributed by atoms with Gasteiger partial charge in [0.2, 0.25) is 0 Å². The molecule has 0 saturated heterocycles. The van der Waals surface area contributed by atoms with Gasteiger partial charge in [0.25, 0.3) is 5.91 Å². The second kappa shape index (κ2) is 4.40. The Morgan fingerprint density at radius 2 is 2.36 bits per heavy atom. The summed E-state index contributed by atoms with van der Waals surface area (Å²) in [6.07, 6.45) is 1.45. The molecule has 1 heterocycles. The van der Waals surface area contributed by atoms with Gasteiger partial charge < -0.3 is 10.4 Å². The highest BCUT2D eigenvalue weighted by molar-refractivity contribution is 5.93. The van der Waals surface area contributed by atoms with Crippen molar-refractivity contribution in [3.63, 3.8) is 0 Å². The van der Waals surface area contributed by atoms with E-state index < -0.39 is 5.97 Å². The van der Waals surface area contributed by atoms with Gasteiger partial charge in [-0.05, 0) is 12.5 Å². The Hall–Kier alpha value is -1.85. The summed E-state index contributed by atoms with van der Waals surface area (Å²) < 4.78 is 0. The van der Waals surface area contributed by atoms with Crippen LogP contribution >= 0.6 is 0 Å². The number of carboxylic acid groups (broad SMARTS) is 1. The van der Waals surface area contributed by atoms with Crippen molar-refractivity contribution >= 4 is 11.9 Å². The molecule has 0 spiro atoms. The molecule has 0 bridgehead atoms. The second-order valence-corrected chi connectivity index (χ2v) is 2.83. The Morgan fingerprint density at radius 1 is 1.64 bits per heavy atom. The van der Waals surface area contributed by atoms with Gasteiger partial charge in [-0.15, -0.1) is 0 Å². The highest BCUT2D eigenvalue weighted by Crippen LogP contribution is 2.00. The van der Waals surface area contributed by atoms with Crippen LogP contribution in [0.2, 0.25) is 0 Å². The number of aliphatic carboxylic acids is 1. The third-order valence-corrected chi connectivity index (χ3v) is 1.68. The highest BCUT2D eigenvalue weighted by Gasteiger charge is 2.10. The van der Waals surface area contributed by atoms with Crippen LogP contribution in [0.4, 0.5) is 0 Å². The molecule has 6 nitrogen and oxygen atoms in total. The minimum atomic E-state index is -0.938. The molecule has 0 aliphatic rings. The first-order chi connectivity index (χ1) is 6.61. The number of H-pyrrole nitrogens is 1. The summed E-state index contributed by atoms with van der Waals surface area (Å²) in [5.41, 5.74) is 1.10. The van der Waals surface area contributed by atoms with Gasteiger partial charge in [0.1, 0.15) is 5.69 Å². The maximum Gasteiger partial charge on any atom is 0.305 e. The number of carbonyl (C=O) groups excluding carboxylic acids is 1. The Balaban J connectivity index is 2.44. The Bertz CT molecular complexity index is 345. The van der Waals surface area contributed by atoms with Gasteiger partial charge in [0.15, 0.2) is 0 Å². The molecule has 76 valence electrons. The van der Waals surface area contributed by atoms with Crippen LogP contribution < -0.4 is 5.32 Å². The number of carbonyl (C=O) groups is 2. The molecule has 6 heteroatoms. The zero-order valence-electron chi connectivity index (χ0n) is 7.70. The largest absolute Gasteiger partial charge is 0.481 e. The number of amides is 1. The molecule has 0 unspecified atom stereocenters. The molecule has 0 fully saturated rings. The summed E-state index contributed by atoms with van der Waals surface area (Å²) >= 11 is 0. The molecule has 0 atom stereocenters. The van der Waals surface area contributed by atoms with Gasteiger partial charge in [0.05, 0.1) is 12.6 Å². The zero-order valence-corrected chi connectivity index (χ0v) is 7.70. The number of aromatic amines is 1. The quantitative estimate of drug-likeness (QED) is 0.629.